The molecule has 0 saturated heterocycles. The number of amides is 2. The zero-order valence-corrected chi connectivity index (χ0v) is 13.9. The van der Waals surface area contributed by atoms with Gasteiger partial charge in [-0.15, -0.1) is 0 Å². The number of rotatable bonds is 2. The predicted octanol–water partition coefficient (Wildman–Crippen LogP) is 4.06. The average Bonchev–Trinajstić information content (AvgIpc) is 2.92. The van der Waals surface area contributed by atoms with Crippen LogP contribution in [-0.4, -0.2) is 27.7 Å². The molecule has 24 heavy (non-hydrogen) atoms. The van der Waals surface area contributed by atoms with Gasteiger partial charge in [0.15, 0.2) is 0 Å². The molecule has 0 unspecified atom stereocenters. The van der Waals surface area contributed by atoms with Crippen molar-refractivity contribution in [1.82, 2.24) is 15.1 Å². The second-order valence-corrected chi connectivity index (χ2v) is 6.83. The Kier molecular flexibility index (Phi) is 3.92. The van der Waals surface area contributed by atoms with Crippen molar-refractivity contribution >= 4 is 23.3 Å². The molecule has 0 radical (unpaired) electrons. The van der Waals surface area contributed by atoms with Gasteiger partial charge in [-0.25, -0.2) is 9.18 Å². The van der Waals surface area contributed by atoms with Gasteiger partial charge in [-0.1, -0.05) is 18.0 Å². The summed E-state index contributed by atoms with van der Waals surface area (Å²) in [5.41, 5.74) is 3.92. The second-order valence-electron chi connectivity index (χ2n) is 6.42. The Labute approximate surface area is 144 Å². The summed E-state index contributed by atoms with van der Waals surface area (Å²) < 4.78 is 13.2. The molecule has 4 rings (SSSR count). The maximum atomic E-state index is 13.2. The van der Waals surface area contributed by atoms with E-state index in [0.717, 1.165) is 17.8 Å². The van der Waals surface area contributed by atoms with Crippen LogP contribution in [0.3, 0.4) is 0 Å². The Bertz CT molecular complexity index is 787. The lowest BCUT2D eigenvalue weighted by Gasteiger charge is -2.30. The number of benzene rings is 1. The molecule has 2 aliphatic rings. The molecule has 1 aromatic carbocycles. The minimum atomic E-state index is -0.499. The number of fused-ring (bicyclic) bond motifs is 1. The molecule has 1 saturated carbocycles. The highest BCUT2D eigenvalue weighted by Crippen LogP contribution is 2.38. The Morgan fingerprint density at radius 2 is 2.25 bits per heavy atom. The van der Waals surface area contributed by atoms with Gasteiger partial charge in [-0.05, 0) is 31.0 Å². The molecular formula is C17H18ClFN4O. The van der Waals surface area contributed by atoms with Gasteiger partial charge >= 0.3 is 6.03 Å². The number of nitrogens with zero attached hydrogens (tertiary/aromatic N) is 2. The fourth-order valence-corrected chi connectivity index (χ4v) is 3.47. The summed E-state index contributed by atoms with van der Waals surface area (Å²) >= 11 is 5.76. The SMILES string of the molecule is O=C(Nc1ccc(F)c(Cl)c1)N1CCc2[nH]nc(C3CCC3)c2C1. The van der Waals surface area contributed by atoms with Crippen molar-refractivity contribution in [3.05, 3.63) is 46.0 Å². The van der Waals surface area contributed by atoms with E-state index in [9.17, 15) is 9.18 Å². The van der Waals surface area contributed by atoms with E-state index < -0.39 is 5.82 Å². The van der Waals surface area contributed by atoms with E-state index in [-0.39, 0.29) is 11.1 Å². The highest BCUT2D eigenvalue weighted by atomic mass is 35.5. The van der Waals surface area contributed by atoms with E-state index >= 15 is 0 Å². The van der Waals surface area contributed by atoms with E-state index in [2.05, 4.69) is 15.5 Å². The largest absolute Gasteiger partial charge is 0.322 e. The van der Waals surface area contributed by atoms with Crippen LogP contribution in [-0.2, 0) is 13.0 Å². The summed E-state index contributed by atoms with van der Waals surface area (Å²) in [5.74, 6) is 0.0322. The number of nitrogens with one attached hydrogen (secondary N) is 2. The average molecular weight is 349 g/mol. The van der Waals surface area contributed by atoms with Crippen LogP contribution in [0.5, 0.6) is 0 Å². The number of halogens is 2. The molecule has 2 amide bonds. The van der Waals surface area contributed by atoms with Gasteiger partial charge in [0.1, 0.15) is 5.82 Å². The molecule has 0 bridgehead atoms. The molecule has 1 aliphatic carbocycles. The fraction of sp³-hybridized carbons (Fsp3) is 0.412. The Morgan fingerprint density at radius 1 is 1.42 bits per heavy atom. The lowest BCUT2D eigenvalue weighted by Crippen LogP contribution is -2.39. The number of H-pyrrole nitrogens is 1. The lowest BCUT2D eigenvalue weighted by atomic mass is 9.81. The summed E-state index contributed by atoms with van der Waals surface area (Å²) in [4.78, 5) is 14.3. The smallest absolute Gasteiger partial charge is 0.320 e. The minimum absolute atomic E-state index is 0.00386. The summed E-state index contributed by atoms with van der Waals surface area (Å²) in [6.07, 6.45) is 4.38. The quantitative estimate of drug-likeness (QED) is 0.859. The van der Waals surface area contributed by atoms with Crippen molar-refractivity contribution in [2.24, 2.45) is 0 Å². The van der Waals surface area contributed by atoms with E-state index in [4.69, 9.17) is 11.6 Å². The molecule has 0 atom stereocenters. The van der Waals surface area contributed by atoms with Crippen LogP contribution < -0.4 is 5.32 Å². The molecule has 5 nitrogen and oxygen atoms in total. The molecule has 1 aromatic heterocycles. The summed E-state index contributed by atoms with van der Waals surface area (Å²) in [6.45, 7) is 1.18. The summed E-state index contributed by atoms with van der Waals surface area (Å²) in [7, 11) is 0. The van der Waals surface area contributed by atoms with Gasteiger partial charge in [0.25, 0.3) is 0 Å². The van der Waals surface area contributed by atoms with Crippen LogP contribution in [0, 0.1) is 5.82 Å². The van der Waals surface area contributed by atoms with Gasteiger partial charge in [0.2, 0.25) is 0 Å². The number of anilines is 1. The summed E-state index contributed by atoms with van der Waals surface area (Å²) in [5, 5.41) is 10.4. The van der Waals surface area contributed by atoms with Crippen molar-refractivity contribution in [3.63, 3.8) is 0 Å². The predicted molar refractivity (Wildman–Crippen MR) is 89.7 cm³/mol. The van der Waals surface area contributed by atoms with Crippen molar-refractivity contribution in [1.29, 1.82) is 0 Å². The normalized spacial score (nSPS) is 17.3. The monoisotopic (exact) mass is 348 g/mol. The van der Waals surface area contributed by atoms with Crippen LogP contribution in [0.1, 0.15) is 42.1 Å². The first kappa shape index (κ1) is 15.4. The first-order chi connectivity index (χ1) is 11.6. The van der Waals surface area contributed by atoms with Gasteiger partial charge in [-0.3, -0.25) is 5.10 Å². The van der Waals surface area contributed by atoms with Gasteiger partial charge in [0.05, 0.1) is 17.3 Å². The molecule has 2 N–H and O–H groups in total. The number of hydrogen-bond donors (Lipinski definition) is 2. The first-order valence-electron chi connectivity index (χ1n) is 8.19. The van der Waals surface area contributed by atoms with Gasteiger partial charge in [-0.2, -0.15) is 5.10 Å². The Hall–Kier alpha value is -2.08. The maximum Gasteiger partial charge on any atom is 0.322 e. The zero-order valence-electron chi connectivity index (χ0n) is 13.1. The van der Waals surface area contributed by atoms with Crippen LogP contribution >= 0.6 is 11.6 Å². The number of hydrogen-bond acceptors (Lipinski definition) is 2. The third kappa shape index (κ3) is 2.75. The molecule has 1 fully saturated rings. The molecular weight excluding hydrogens is 331 g/mol. The second kappa shape index (κ2) is 6.09. The molecule has 1 aliphatic heterocycles. The maximum absolute atomic E-state index is 13.2. The molecule has 126 valence electrons. The van der Waals surface area contributed by atoms with Crippen molar-refractivity contribution in [2.75, 3.05) is 11.9 Å². The van der Waals surface area contributed by atoms with Crippen LogP contribution in [0.25, 0.3) is 0 Å². The first-order valence-corrected chi connectivity index (χ1v) is 8.56. The molecule has 2 heterocycles. The van der Waals surface area contributed by atoms with Crippen molar-refractivity contribution in [2.45, 2.75) is 38.1 Å². The topological polar surface area (TPSA) is 61.0 Å². The van der Waals surface area contributed by atoms with Crippen molar-refractivity contribution < 1.29 is 9.18 Å². The van der Waals surface area contributed by atoms with E-state index in [1.165, 1.54) is 43.0 Å². The number of aromatic amines is 1. The van der Waals surface area contributed by atoms with E-state index in [1.807, 2.05) is 0 Å². The minimum Gasteiger partial charge on any atom is -0.320 e. The van der Waals surface area contributed by atoms with E-state index in [1.54, 1.807) is 4.90 Å². The van der Waals surface area contributed by atoms with Crippen LogP contribution in [0.4, 0.5) is 14.9 Å². The van der Waals surface area contributed by atoms with Gasteiger partial charge in [0, 0.05) is 35.8 Å². The van der Waals surface area contributed by atoms with Crippen LogP contribution in [0.15, 0.2) is 18.2 Å². The van der Waals surface area contributed by atoms with Crippen LogP contribution in [0.2, 0.25) is 5.02 Å². The summed E-state index contributed by atoms with van der Waals surface area (Å²) in [6, 6.07) is 3.97. The van der Waals surface area contributed by atoms with E-state index in [0.29, 0.717) is 24.7 Å². The Morgan fingerprint density at radius 3 is 2.96 bits per heavy atom. The zero-order chi connectivity index (χ0) is 16.7. The number of aromatic nitrogens is 2. The van der Waals surface area contributed by atoms with Gasteiger partial charge < -0.3 is 10.2 Å². The lowest BCUT2D eigenvalue weighted by molar-refractivity contribution is 0.205. The molecule has 7 heteroatoms. The highest BCUT2D eigenvalue weighted by molar-refractivity contribution is 6.31. The third-order valence-electron chi connectivity index (χ3n) is 4.92. The third-order valence-corrected chi connectivity index (χ3v) is 5.21. The number of carbonyl (C=O) groups excluding carboxylic acids is 1. The number of urea groups is 1. The molecule has 0 spiro atoms. The Balaban J connectivity index is 1.48. The highest BCUT2D eigenvalue weighted by Gasteiger charge is 2.30. The molecule has 2 aromatic rings. The number of carbonyl (C=O) groups is 1. The fourth-order valence-electron chi connectivity index (χ4n) is 3.29. The van der Waals surface area contributed by atoms with Crippen molar-refractivity contribution in [3.8, 4) is 0 Å². The standard InChI is InChI=1S/C17H18ClFN4O/c18-13-8-11(4-5-14(13)19)20-17(24)23-7-6-15-12(9-23)16(22-21-15)10-2-1-3-10/h4-5,8,10H,1-3,6-7,9H2,(H,20,24)(H,21,22).